The summed E-state index contributed by atoms with van der Waals surface area (Å²) >= 11 is 0. The van der Waals surface area contributed by atoms with Crippen LogP contribution in [-0.2, 0) is 10.8 Å². The molecule has 0 amide bonds. The third-order valence-corrected chi connectivity index (χ3v) is 14.9. The number of para-hydroxylation sites is 1. The van der Waals surface area contributed by atoms with E-state index in [0.29, 0.717) is 0 Å². The zero-order valence-corrected chi connectivity index (χ0v) is 40.1. The van der Waals surface area contributed by atoms with Crippen molar-refractivity contribution in [3.63, 3.8) is 0 Å². The van der Waals surface area contributed by atoms with Gasteiger partial charge in [-0.05, 0) is 126 Å². The molecule has 0 radical (unpaired) electrons. The number of furan rings is 1. The van der Waals surface area contributed by atoms with E-state index in [-0.39, 0.29) is 5.41 Å². The van der Waals surface area contributed by atoms with Crippen molar-refractivity contribution >= 4 is 49.8 Å². The Bertz CT molecular complexity index is 3910. The molecule has 338 valence electrons. The number of fused-ring (bicyclic) bond motifs is 7. The van der Waals surface area contributed by atoms with Crippen molar-refractivity contribution in [2.45, 2.75) is 31.6 Å². The molecule has 1 aromatic heterocycles. The highest BCUT2D eigenvalue weighted by atomic mass is 16.3. The van der Waals surface area contributed by atoms with Gasteiger partial charge < -0.3 is 9.32 Å². The summed E-state index contributed by atoms with van der Waals surface area (Å²) in [4.78, 5) is 2.52. The third kappa shape index (κ3) is 6.93. The van der Waals surface area contributed by atoms with Gasteiger partial charge >= 0.3 is 0 Å². The Kier molecular flexibility index (Phi) is 10.0. The molecule has 1 aliphatic rings. The van der Waals surface area contributed by atoms with Crippen molar-refractivity contribution in [2.75, 3.05) is 4.90 Å². The average Bonchev–Trinajstić information content (AvgIpc) is 3.95. The summed E-state index contributed by atoms with van der Waals surface area (Å²) in [7, 11) is 0. The summed E-state index contributed by atoms with van der Waals surface area (Å²) < 4.78 is 6.62. The molecule has 1 heterocycles. The second-order valence-corrected chi connectivity index (χ2v) is 20.0. The highest BCUT2D eigenvalue weighted by Gasteiger charge is 2.46. The van der Waals surface area contributed by atoms with Crippen LogP contribution in [0.1, 0.15) is 48.6 Å². The molecule has 2 heteroatoms. The Morgan fingerprint density at radius 1 is 0.366 bits per heavy atom. The molecule has 0 fully saturated rings. The largest absolute Gasteiger partial charge is 0.456 e. The summed E-state index contributed by atoms with van der Waals surface area (Å²) in [5.74, 6) is 0. The molecule has 1 aliphatic carbocycles. The minimum Gasteiger partial charge on any atom is -0.456 e. The van der Waals surface area contributed by atoms with Crippen molar-refractivity contribution in [3.8, 4) is 44.5 Å². The van der Waals surface area contributed by atoms with Gasteiger partial charge in [0.15, 0.2) is 0 Å². The minimum absolute atomic E-state index is 0.0584. The highest BCUT2D eigenvalue weighted by molar-refractivity contribution is 6.10. The molecule has 0 spiro atoms. The number of nitrogens with zero attached hydrogens (tertiary/aromatic N) is 1. The number of anilines is 3. The molecule has 2 nitrogen and oxygen atoms in total. The van der Waals surface area contributed by atoms with Crippen LogP contribution >= 0.6 is 0 Å². The SMILES string of the molecule is CC(C)(C)c1ccc(-c2ccc(N(c3ccc4c(c3)-c3ccccc3C4(c3ccccc3)c3ccccc3)c3ccc4ccccc4c3-c3ccc4c(c3)oc3ccccc34)c(-c3ccccc3)c2)cc1. The zero-order valence-electron chi connectivity index (χ0n) is 40.1. The van der Waals surface area contributed by atoms with Gasteiger partial charge in [0, 0.05) is 27.6 Å². The van der Waals surface area contributed by atoms with Crippen LogP contribution in [0.25, 0.3) is 77.2 Å². The van der Waals surface area contributed by atoms with Crippen LogP contribution < -0.4 is 4.90 Å². The Hall–Kier alpha value is -8.72. The van der Waals surface area contributed by atoms with Crippen molar-refractivity contribution in [1.82, 2.24) is 0 Å². The highest BCUT2D eigenvalue weighted by Crippen LogP contribution is 2.58. The first-order valence-electron chi connectivity index (χ1n) is 24.7. The maximum atomic E-state index is 6.62. The lowest BCUT2D eigenvalue weighted by Gasteiger charge is -2.34. The van der Waals surface area contributed by atoms with Crippen LogP contribution in [0.5, 0.6) is 0 Å². The molecule has 71 heavy (non-hydrogen) atoms. The summed E-state index contributed by atoms with van der Waals surface area (Å²) in [6, 6.07) is 93.9. The molecule has 0 N–H and O–H groups in total. The molecular weight excluding hydrogens is 859 g/mol. The maximum Gasteiger partial charge on any atom is 0.136 e. The normalized spacial score (nSPS) is 12.8. The molecule has 0 bridgehead atoms. The van der Waals surface area contributed by atoms with Gasteiger partial charge in [-0.25, -0.2) is 0 Å². The van der Waals surface area contributed by atoms with E-state index >= 15 is 0 Å². The predicted octanol–water partition coefficient (Wildman–Crippen LogP) is 18.9. The second kappa shape index (κ2) is 16.8. The Morgan fingerprint density at radius 2 is 0.958 bits per heavy atom. The van der Waals surface area contributed by atoms with Crippen LogP contribution in [0.2, 0.25) is 0 Å². The predicted molar refractivity (Wildman–Crippen MR) is 298 cm³/mol. The van der Waals surface area contributed by atoms with Gasteiger partial charge in [-0.1, -0.05) is 227 Å². The zero-order chi connectivity index (χ0) is 47.7. The standard InChI is InChI=1S/C69H51NO/c1-68(2,3)51-36-31-46(32-37-51)49-35-41-63(59(43-49)47-19-7-4-8-20-47)70(64-42-34-48-21-13-14-26-55(48)67(64)50-33-39-58-57-28-16-18-30-65(57)71-66(58)44-50)54-38-40-62-60(45-54)56-27-15-17-29-61(56)69(62,52-22-9-5-10-23-52)53-24-11-6-12-25-53/h4-45H,1-3H3. The molecule has 0 saturated heterocycles. The van der Waals surface area contributed by atoms with Gasteiger partial charge in [-0.15, -0.1) is 0 Å². The molecule has 0 unspecified atom stereocenters. The molecule has 0 atom stereocenters. The van der Waals surface area contributed by atoms with E-state index in [1.54, 1.807) is 0 Å². The molecule has 0 aliphatic heterocycles. The van der Waals surface area contributed by atoms with E-state index in [1.807, 2.05) is 6.07 Å². The summed E-state index contributed by atoms with van der Waals surface area (Å²) in [5.41, 5.74) is 20.2. The lowest BCUT2D eigenvalue weighted by Crippen LogP contribution is -2.28. The van der Waals surface area contributed by atoms with Gasteiger partial charge in [0.25, 0.3) is 0 Å². The van der Waals surface area contributed by atoms with Crippen LogP contribution in [-0.4, -0.2) is 0 Å². The molecule has 13 rings (SSSR count). The number of rotatable bonds is 8. The van der Waals surface area contributed by atoms with Crippen LogP contribution in [0.4, 0.5) is 17.1 Å². The maximum absolute atomic E-state index is 6.62. The van der Waals surface area contributed by atoms with Crippen molar-refractivity contribution in [2.24, 2.45) is 0 Å². The van der Waals surface area contributed by atoms with Gasteiger partial charge in [-0.2, -0.15) is 0 Å². The van der Waals surface area contributed by atoms with E-state index in [2.05, 4.69) is 274 Å². The van der Waals surface area contributed by atoms with Crippen molar-refractivity contribution in [1.29, 1.82) is 0 Å². The first-order chi connectivity index (χ1) is 34.8. The molecule has 11 aromatic carbocycles. The fourth-order valence-corrected chi connectivity index (χ4v) is 11.5. The average molecular weight is 910 g/mol. The Balaban J connectivity index is 1.11. The molecule has 12 aromatic rings. The van der Waals surface area contributed by atoms with Gasteiger partial charge in [0.1, 0.15) is 11.2 Å². The fraction of sp³-hybridized carbons (Fsp3) is 0.0725. The van der Waals surface area contributed by atoms with E-state index in [0.717, 1.165) is 61.3 Å². The minimum atomic E-state index is -0.521. The summed E-state index contributed by atoms with van der Waals surface area (Å²) in [5, 5.41) is 4.57. The monoisotopic (exact) mass is 909 g/mol. The van der Waals surface area contributed by atoms with Gasteiger partial charge in [0.2, 0.25) is 0 Å². The Morgan fingerprint density at radius 3 is 1.70 bits per heavy atom. The van der Waals surface area contributed by atoms with Crippen molar-refractivity contribution in [3.05, 3.63) is 283 Å². The number of benzene rings is 11. The third-order valence-electron chi connectivity index (χ3n) is 14.9. The number of hydrogen-bond donors (Lipinski definition) is 0. The topological polar surface area (TPSA) is 16.4 Å². The van der Waals surface area contributed by atoms with E-state index in [9.17, 15) is 0 Å². The van der Waals surface area contributed by atoms with E-state index in [4.69, 9.17) is 4.42 Å². The van der Waals surface area contributed by atoms with E-state index < -0.39 is 5.41 Å². The molecular formula is C69H51NO. The van der Waals surface area contributed by atoms with Crippen LogP contribution in [0.15, 0.2) is 259 Å². The van der Waals surface area contributed by atoms with E-state index in [1.165, 1.54) is 60.8 Å². The first-order valence-corrected chi connectivity index (χ1v) is 24.7. The summed E-state index contributed by atoms with van der Waals surface area (Å²) in [6.45, 7) is 6.82. The van der Waals surface area contributed by atoms with Crippen molar-refractivity contribution < 1.29 is 4.42 Å². The van der Waals surface area contributed by atoms with Gasteiger partial charge in [0.05, 0.1) is 16.8 Å². The lowest BCUT2D eigenvalue weighted by molar-refractivity contribution is 0.590. The smallest absolute Gasteiger partial charge is 0.136 e. The second-order valence-electron chi connectivity index (χ2n) is 20.0. The lowest BCUT2D eigenvalue weighted by atomic mass is 9.68. The van der Waals surface area contributed by atoms with Gasteiger partial charge in [-0.3, -0.25) is 0 Å². The number of hydrogen-bond acceptors (Lipinski definition) is 2. The van der Waals surface area contributed by atoms with Crippen LogP contribution in [0, 0.1) is 0 Å². The quantitative estimate of drug-likeness (QED) is 0.151. The summed E-state index contributed by atoms with van der Waals surface area (Å²) in [6.07, 6.45) is 0. The Labute approximate surface area is 415 Å². The van der Waals surface area contributed by atoms with Crippen LogP contribution in [0.3, 0.4) is 0 Å². The molecule has 0 saturated carbocycles. The fourth-order valence-electron chi connectivity index (χ4n) is 11.5. The first kappa shape index (κ1) is 42.4.